The Morgan fingerprint density at radius 1 is 0.743 bits per heavy atom. The van der Waals surface area contributed by atoms with Gasteiger partial charge < -0.3 is 4.57 Å². The lowest BCUT2D eigenvalue weighted by atomic mass is 10.1. The first kappa shape index (κ1) is 21.5. The molecule has 6 aromatic rings. The summed E-state index contributed by atoms with van der Waals surface area (Å²) in [5, 5.41) is 2.63. The number of imidazole rings is 1. The van der Waals surface area contributed by atoms with Gasteiger partial charge >= 0.3 is 0 Å². The number of aryl methyl sites for hydroxylation is 4. The van der Waals surface area contributed by atoms with Crippen molar-refractivity contribution in [1.29, 1.82) is 0 Å². The average Bonchev–Trinajstić information content (AvgIpc) is 3.44. The minimum Gasteiger partial charge on any atom is -0.321 e. The summed E-state index contributed by atoms with van der Waals surface area (Å²) in [7, 11) is 4.37. The molecule has 0 aliphatic heterocycles. The van der Waals surface area contributed by atoms with Crippen LogP contribution in [0.2, 0.25) is 0 Å². The highest BCUT2D eigenvalue weighted by molar-refractivity contribution is 6.10. The maximum Gasteiger partial charge on any atom is 0.267 e. The van der Waals surface area contributed by atoms with E-state index >= 15 is 0 Å². The molecule has 0 radical (unpaired) electrons. The maximum absolute atomic E-state index is 2.43. The van der Waals surface area contributed by atoms with Crippen molar-refractivity contribution in [3.63, 3.8) is 0 Å². The molecule has 0 saturated carbocycles. The van der Waals surface area contributed by atoms with Crippen LogP contribution >= 0.6 is 0 Å². The second-order valence-corrected chi connectivity index (χ2v) is 9.67. The third-order valence-electron chi connectivity index (χ3n) is 7.66. The van der Waals surface area contributed by atoms with E-state index < -0.39 is 0 Å². The molecule has 0 bridgehead atoms. The molecule has 0 spiro atoms. The predicted molar refractivity (Wildman–Crippen MR) is 145 cm³/mol. The smallest absolute Gasteiger partial charge is 0.267 e. The monoisotopic (exact) mass is 459 g/mol. The lowest BCUT2D eigenvalue weighted by Gasteiger charge is -2.10. The van der Waals surface area contributed by atoms with Gasteiger partial charge in [-0.1, -0.05) is 54.6 Å². The first-order valence-electron chi connectivity index (χ1n) is 12.2. The molecule has 174 valence electrons. The molecular formula is C31H31N4+. The SMILES string of the molecule is Cc1cccc(C)c1-n1cc(-n2c3ccccc3c3c(C)c(C)n(C)c32)[n+](C)c1-c1ccccc1. The summed E-state index contributed by atoms with van der Waals surface area (Å²) in [5.41, 5.74) is 10.1. The van der Waals surface area contributed by atoms with Crippen LogP contribution in [0.4, 0.5) is 0 Å². The molecule has 3 aromatic carbocycles. The first-order valence-corrected chi connectivity index (χ1v) is 12.2. The number of rotatable bonds is 3. The minimum atomic E-state index is 1.14. The molecule has 0 amide bonds. The molecule has 0 N–H and O–H groups in total. The lowest BCUT2D eigenvalue weighted by Crippen LogP contribution is -2.34. The summed E-state index contributed by atoms with van der Waals surface area (Å²) < 4.78 is 9.48. The molecule has 0 atom stereocenters. The maximum atomic E-state index is 2.43. The normalized spacial score (nSPS) is 11.7. The predicted octanol–water partition coefficient (Wildman–Crippen LogP) is 6.64. The molecule has 4 heteroatoms. The van der Waals surface area contributed by atoms with E-state index in [4.69, 9.17) is 0 Å². The third kappa shape index (κ3) is 2.96. The molecule has 3 heterocycles. The van der Waals surface area contributed by atoms with Gasteiger partial charge in [-0.2, -0.15) is 0 Å². The zero-order valence-electron chi connectivity index (χ0n) is 21.3. The van der Waals surface area contributed by atoms with Gasteiger partial charge in [0.2, 0.25) is 5.82 Å². The fraction of sp³-hybridized carbons (Fsp3) is 0.194. The van der Waals surface area contributed by atoms with Crippen molar-refractivity contribution in [2.24, 2.45) is 14.1 Å². The molecule has 0 fully saturated rings. The van der Waals surface area contributed by atoms with Crippen LogP contribution in [0.1, 0.15) is 22.4 Å². The Morgan fingerprint density at radius 3 is 2.11 bits per heavy atom. The number of hydrogen-bond donors (Lipinski definition) is 0. The number of para-hydroxylation sites is 2. The first-order chi connectivity index (χ1) is 16.9. The van der Waals surface area contributed by atoms with Crippen LogP contribution in [-0.2, 0) is 14.1 Å². The highest BCUT2D eigenvalue weighted by Crippen LogP contribution is 2.37. The van der Waals surface area contributed by atoms with Crippen molar-refractivity contribution in [2.75, 3.05) is 0 Å². The number of hydrogen-bond acceptors (Lipinski definition) is 0. The van der Waals surface area contributed by atoms with Crippen LogP contribution in [0.3, 0.4) is 0 Å². The van der Waals surface area contributed by atoms with Gasteiger partial charge in [0.05, 0.1) is 7.05 Å². The van der Waals surface area contributed by atoms with Crippen molar-refractivity contribution < 1.29 is 4.57 Å². The molecule has 0 unspecified atom stereocenters. The van der Waals surface area contributed by atoms with E-state index in [0.717, 1.165) is 11.6 Å². The zero-order valence-corrected chi connectivity index (χ0v) is 21.3. The van der Waals surface area contributed by atoms with Crippen LogP contribution < -0.4 is 4.57 Å². The van der Waals surface area contributed by atoms with Crippen molar-refractivity contribution in [2.45, 2.75) is 27.7 Å². The van der Waals surface area contributed by atoms with Crippen LogP contribution in [0, 0.1) is 27.7 Å². The summed E-state index contributed by atoms with van der Waals surface area (Å²) in [6.07, 6.45) is 2.31. The Hall–Kier alpha value is -4.05. The Labute approximate surface area is 206 Å². The molecular weight excluding hydrogens is 428 g/mol. The van der Waals surface area contributed by atoms with Crippen LogP contribution in [-0.4, -0.2) is 13.7 Å². The molecule has 6 rings (SSSR count). The van der Waals surface area contributed by atoms with Gasteiger partial charge in [-0.15, -0.1) is 0 Å². The van der Waals surface area contributed by atoms with Gasteiger partial charge in [0.15, 0.2) is 5.65 Å². The number of aromatic nitrogens is 4. The third-order valence-corrected chi connectivity index (χ3v) is 7.66. The van der Waals surface area contributed by atoms with Gasteiger partial charge in [-0.05, 0) is 62.6 Å². The van der Waals surface area contributed by atoms with Crippen LogP contribution in [0.5, 0.6) is 0 Å². The van der Waals surface area contributed by atoms with E-state index in [2.05, 4.69) is 139 Å². The topological polar surface area (TPSA) is 18.7 Å². The minimum absolute atomic E-state index is 1.14. The van der Waals surface area contributed by atoms with Crippen molar-refractivity contribution >= 4 is 21.9 Å². The number of nitrogens with zero attached hydrogens (tertiary/aromatic N) is 4. The molecule has 3 aromatic heterocycles. The second-order valence-electron chi connectivity index (χ2n) is 9.67. The van der Waals surface area contributed by atoms with Crippen molar-refractivity contribution in [1.82, 2.24) is 13.7 Å². The summed E-state index contributed by atoms with van der Waals surface area (Å²) in [6.45, 7) is 8.85. The average molecular weight is 460 g/mol. The van der Waals surface area contributed by atoms with Crippen LogP contribution in [0.15, 0.2) is 79.0 Å². The quantitative estimate of drug-likeness (QED) is 0.264. The number of benzene rings is 3. The van der Waals surface area contributed by atoms with Gasteiger partial charge in [0, 0.05) is 29.1 Å². The Kier molecular flexibility index (Phi) is 4.75. The summed E-state index contributed by atoms with van der Waals surface area (Å²) in [4.78, 5) is 0. The lowest BCUT2D eigenvalue weighted by molar-refractivity contribution is -0.653. The largest absolute Gasteiger partial charge is 0.321 e. The molecule has 0 aliphatic carbocycles. The molecule has 35 heavy (non-hydrogen) atoms. The highest BCUT2D eigenvalue weighted by Gasteiger charge is 2.30. The van der Waals surface area contributed by atoms with E-state index in [0.29, 0.717) is 0 Å². The Balaban J connectivity index is 1.79. The standard InChI is InChI=1S/C31H31N4/c1-20-13-12-14-21(2)29(20)34-19-27(33(6)30(34)24-15-8-7-9-16-24)35-26-18-11-10-17-25(26)28-22(3)23(4)32(5)31(28)35/h7-19H,1-6H3/q+1. The van der Waals surface area contributed by atoms with E-state index in [1.54, 1.807) is 0 Å². The fourth-order valence-corrected chi connectivity index (χ4v) is 5.75. The second kappa shape index (κ2) is 7.74. The van der Waals surface area contributed by atoms with E-state index in [9.17, 15) is 0 Å². The Morgan fingerprint density at radius 2 is 1.40 bits per heavy atom. The zero-order chi connectivity index (χ0) is 24.4. The number of fused-ring (bicyclic) bond motifs is 3. The van der Waals surface area contributed by atoms with Gasteiger partial charge in [0.1, 0.15) is 17.4 Å². The van der Waals surface area contributed by atoms with E-state index in [1.165, 1.54) is 55.6 Å². The Bertz CT molecular complexity index is 1720. The molecule has 4 nitrogen and oxygen atoms in total. The fourth-order valence-electron chi connectivity index (χ4n) is 5.75. The van der Waals surface area contributed by atoms with Gasteiger partial charge in [0.25, 0.3) is 5.82 Å². The summed E-state index contributed by atoms with van der Waals surface area (Å²) >= 11 is 0. The van der Waals surface area contributed by atoms with Gasteiger partial charge in [-0.3, -0.25) is 0 Å². The highest BCUT2D eigenvalue weighted by atomic mass is 15.3. The molecule has 0 aliphatic rings. The van der Waals surface area contributed by atoms with Crippen molar-refractivity contribution in [3.8, 4) is 22.9 Å². The van der Waals surface area contributed by atoms with Gasteiger partial charge in [-0.25, -0.2) is 13.7 Å². The summed E-state index contributed by atoms with van der Waals surface area (Å²) in [5.74, 6) is 2.30. The molecule has 0 saturated heterocycles. The van der Waals surface area contributed by atoms with Crippen LogP contribution in [0.25, 0.3) is 44.8 Å². The van der Waals surface area contributed by atoms with E-state index in [-0.39, 0.29) is 0 Å². The summed E-state index contributed by atoms with van der Waals surface area (Å²) in [6, 6.07) is 26.0. The van der Waals surface area contributed by atoms with E-state index in [1.807, 2.05) is 0 Å². The van der Waals surface area contributed by atoms with Crippen molar-refractivity contribution in [3.05, 3.63) is 101 Å².